The first kappa shape index (κ1) is 8.07. The van der Waals surface area contributed by atoms with Crippen LogP contribution in [0.25, 0.3) is 0 Å². The van der Waals surface area contributed by atoms with Crippen molar-refractivity contribution in [1.82, 2.24) is 9.78 Å². The Morgan fingerprint density at radius 3 is 3.00 bits per heavy atom. The van der Waals surface area contributed by atoms with Gasteiger partial charge >= 0.3 is 0 Å². The van der Waals surface area contributed by atoms with Crippen LogP contribution >= 0.6 is 0 Å². The first-order valence-corrected chi connectivity index (χ1v) is 3.47. The molecule has 4 nitrogen and oxygen atoms in total. The van der Waals surface area contributed by atoms with E-state index in [2.05, 4.69) is 5.10 Å². The lowest BCUT2D eigenvalue weighted by molar-refractivity contribution is 0.168. The van der Waals surface area contributed by atoms with E-state index in [9.17, 15) is 0 Å². The van der Waals surface area contributed by atoms with Crippen LogP contribution in [0, 0.1) is 0 Å². The van der Waals surface area contributed by atoms with Gasteiger partial charge in [-0.1, -0.05) is 0 Å². The second kappa shape index (κ2) is 3.39. The Morgan fingerprint density at radius 2 is 2.55 bits per heavy atom. The van der Waals surface area contributed by atoms with Crippen LogP contribution in [-0.2, 0) is 6.54 Å². The van der Waals surface area contributed by atoms with Crippen LogP contribution in [0.3, 0.4) is 0 Å². The van der Waals surface area contributed by atoms with Crippen molar-refractivity contribution in [2.45, 2.75) is 19.6 Å². The molecule has 1 aromatic heterocycles. The summed E-state index contributed by atoms with van der Waals surface area (Å²) >= 11 is 0. The zero-order valence-electron chi connectivity index (χ0n) is 6.69. The van der Waals surface area contributed by atoms with Crippen LogP contribution < -0.4 is 4.74 Å². The van der Waals surface area contributed by atoms with Gasteiger partial charge in [0, 0.05) is 0 Å². The maximum atomic E-state index is 8.99. The molecular weight excluding hydrogens is 144 g/mol. The molecule has 0 radical (unpaired) electrons. The highest BCUT2D eigenvalue weighted by Crippen LogP contribution is 2.06. The van der Waals surface area contributed by atoms with Crippen LogP contribution in [0.4, 0.5) is 0 Å². The molecule has 1 aromatic rings. The minimum Gasteiger partial charge on any atom is -0.493 e. The molecule has 1 atom stereocenters. The standard InChI is InChI=1S/C7H12N2O2/c1-6(10)4-9-5-7(11-2)3-8-9/h3,5-6,10H,4H2,1-2H3. The van der Waals surface area contributed by atoms with Gasteiger partial charge < -0.3 is 9.84 Å². The van der Waals surface area contributed by atoms with Gasteiger partial charge in [-0.3, -0.25) is 4.68 Å². The van der Waals surface area contributed by atoms with Crippen molar-refractivity contribution in [3.8, 4) is 5.75 Å². The lowest BCUT2D eigenvalue weighted by Gasteiger charge is -2.02. The number of hydrogen-bond acceptors (Lipinski definition) is 3. The molecule has 1 heterocycles. The van der Waals surface area contributed by atoms with E-state index < -0.39 is 0 Å². The molecule has 1 N–H and O–H groups in total. The van der Waals surface area contributed by atoms with E-state index in [-0.39, 0.29) is 6.10 Å². The Hall–Kier alpha value is -1.03. The minimum absolute atomic E-state index is 0.375. The highest BCUT2D eigenvalue weighted by molar-refractivity contribution is 5.10. The first-order chi connectivity index (χ1) is 5.22. The Morgan fingerprint density at radius 1 is 1.82 bits per heavy atom. The summed E-state index contributed by atoms with van der Waals surface area (Å²) in [6.07, 6.45) is 2.98. The Balaban J connectivity index is 2.58. The summed E-state index contributed by atoms with van der Waals surface area (Å²) in [6, 6.07) is 0. The van der Waals surface area contributed by atoms with E-state index in [1.165, 1.54) is 0 Å². The number of aromatic nitrogens is 2. The SMILES string of the molecule is COc1cnn(CC(C)O)c1. The Bertz CT molecular complexity index is 220. The molecule has 0 bridgehead atoms. The van der Waals surface area contributed by atoms with Crippen molar-refractivity contribution < 1.29 is 9.84 Å². The number of hydrogen-bond donors (Lipinski definition) is 1. The lowest BCUT2D eigenvalue weighted by Crippen LogP contribution is -2.11. The van der Waals surface area contributed by atoms with Gasteiger partial charge in [-0.15, -0.1) is 0 Å². The molecule has 0 amide bonds. The molecule has 1 unspecified atom stereocenters. The molecule has 0 saturated heterocycles. The second-order valence-corrected chi connectivity index (χ2v) is 2.45. The largest absolute Gasteiger partial charge is 0.493 e. The fourth-order valence-corrected chi connectivity index (χ4v) is 0.821. The van der Waals surface area contributed by atoms with Gasteiger partial charge in [0.15, 0.2) is 5.75 Å². The van der Waals surface area contributed by atoms with Crippen molar-refractivity contribution in [1.29, 1.82) is 0 Å². The number of methoxy groups -OCH3 is 1. The van der Waals surface area contributed by atoms with E-state index in [0.29, 0.717) is 12.3 Å². The smallest absolute Gasteiger partial charge is 0.156 e. The van der Waals surface area contributed by atoms with Gasteiger partial charge in [0.2, 0.25) is 0 Å². The molecule has 0 saturated carbocycles. The fourth-order valence-electron chi connectivity index (χ4n) is 0.821. The van der Waals surface area contributed by atoms with E-state index >= 15 is 0 Å². The summed E-state index contributed by atoms with van der Waals surface area (Å²) in [7, 11) is 1.59. The Labute approximate surface area is 65.4 Å². The minimum atomic E-state index is -0.375. The van der Waals surface area contributed by atoms with Crippen LogP contribution in [0.2, 0.25) is 0 Å². The molecule has 0 fully saturated rings. The van der Waals surface area contributed by atoms with Crippen LogP contribution in [0.5, 0.6) is 5.75 Å². The number of aliphatic hydroxyl groups excluding tert-OH is 1. The average Bonchev–Trinajstić information content (AvgIpc) is 2.34. The van der Waals surface area contributed by atoms with Crippen molar-refractivity contribution in [2.75, 3.05) is 7.11 Å². The van der Waals surface area contributed by atoms with Gasteiger partial charge in [0.05, 0.1) is 32.2 Å². The topological polar surface area (TPSA) is 47.3 Å². The van der Waals surface area contributed by atoms with Crippen molar-refractivity contribution in [3.63, 3.8) is 0 Å². The molecule has 0 spiro atoms. The first-order valence-electron chi connectivity index (χ1n) is 3.47. The van der Waals surface area contributed by atoms with Crippen LogP contribution in [-0.4, -0.2) is 28.1 Å². The molecule has 0 aliphatic heterocycles. The van der Waals surface area contributed by atoms with E-state index in [4.69, 9.17) is 9.84 Å². The maximum Gasteiger partial charge on any atom is 0.156 e. The van der Waals surface area contributed by atoms with Crippen molar-refractivity contribution in [2.24, 2.45) is 0 Å². The molecule has 62 valence electrons. The highest BCUT2D eigenvalue weighted by atomic mass is 16.5. The van der Waals surface area contributed by atoms with Gasteiger partial charge in [0.25, 0.3) is 0 Å². The third-order valence-corrected chi connectivity index (χ3v) is 1.30. The van der Waals surface area contributed by atoms with Crippen molar-refractivity contribution >= 4 is 0 Å². The number of ether oxygens (including phenoxy) is 1. The molecule has 11 heavy (non-hydrogen) atoms. The van der Waals surface area contributed by atoms with Gasteiger partial charge in [0.1, 0.15) is 0 Å². The predicted octanol–water partition coefficient (Wildman–Crippen LogP) is 0.272. The normalized spacial score (nSPS) is 13.0. The van der Waals surface area contributed by atoms with E-state index in [1.807, 2.05) is 0 Å². The predicted molar refractivity (Wildman–Crippen MR) is 40.5 cm³/mol. The van der Waals surface area contributed by atoms with Gasteiger partial charge in [-0.2, -0.15) is 5.10 Å². The fraction of sp³-hybridized carbons (Fsp3) is 0.571. The van der Waals surface area contributed by atoms with Crippen molar-refractivity contribution in [3.05, 3.63) is 12.4 Å². The Kier molecular flexibility index (Phi) is 2.48. The van der Waals surface area contributed by atoms with Gasteiger partial charge in [-0.05, 0) is 6.92 Å². The molecule has 0 aromatic carbocycles. The quantitative estimate of drug-likeness (QED) is 0.683. The van der Waals surface area contributed by atoms with E-state index in [0.717, 1.165) is 0 Å². The highest BCUT2D eigenvalue weighted by Gasteiger charge is 1.99. The number of nitrogens with zero attached hydrogens (tertiary/aromatic N) is 2. The average molecular weight is 156 g/mol. The van der Waals surface area contributed by atoms with Gasteiger partial charge in [-0.25, -0.2) is 0 Å². The molecule has 4 heteroatoms. The monoisotopic (exact) mass is 156 g/mol. The third-order valence-electron chi connectivity index (χ3n) is 1.30. The molecular formula is C7H12N2O2. The zero-order chi connectivity index (χ0) is 8.27. The lowest BCUT2D eigenvalue weighted by atomic mass is 10.4. The van der Waals surface area contributed by atoms with Crippen LogP contribution in [0.1, 0.15) is 6.92 Å². The summed E-state index contributed by atoms with van der Waals surface area (Å²) in [4.78, 5) is 0. The summed E-state index contributed by atoms with van der Waals surface area (Å²) < 4.78 is 6.55. The summed E-state index contributed by atoms with van der Waals surface area (Å²) in [6.45, 7) is 2.22. The maximum absolute atomic E-state index is 8.99. The molecule has 0 aliphatic carbocycles. The summed E-state index contributed by atoms with van der Waals surface area (Å²) in [5.41, 5.74) is 0. The van der Waals surface area contributed by atoms with E-state index in [1.54, 1.807) is 31.1 Å². The third kappa shape index (κ3) is 2.23. The molecule has 0 aliphatic rings. The second-order valence-electron chi connectivity index (χ2n) is 2.45. The molecule has 1 rings (SSSR count). The number of aliphatic hydroxyl groups is 1. The summed E-state index contributed by atoms with van der Waals surface area (Å²) in [5, 5.41) is 12.9. The zero-order valence-corrected chi connectivity index (χ0v) is 6.69. The van der Waals surface area contributed by atoms with Crippen LogP contribution in [0.15, 0.2) is 12.4 Å². The number of rotatable bonds is 3. The summed E-state index contributed by atoms with van der Waals surface area (Å²) in [5.74, 6) is 0.714.